The van der Waals surface area contributed by atoms with E-state index in [-0.39, 0.29) is 34.0 Å². The van der Waals surface area contributed by atoms with Gasteiger partial charge >= 0.3 is 0 Å². The van der Waals surface area contributed by atoms with E-state index in [1.54, 1.807) is 0 Å². The zero-order valence-corrected chi connectivity index (χ0v) is 11.1. The summed E-state index contributed by atoms with van der Waals surface area (Å²) in [5.74, 6) is -0.843. The Morgan fingerprint density at radius 3 is 2.62 bits per heavy atom. The number of ketones is 1. The molecule has 0 bridgehead atoms. The van der Waals surface area contributed by atoms with Crippen molar-refractivity contribution < 1.29 is 24.2 Å². The van der Waals surface area contributed by atoms with E-state index < -0.39 is 5.78 Å². The third-order valence-corrected chi connectivity index (χ3v) is 2.70. The molecule has 0 aliphatic heterocycles. The van der Waals surface area contributed by atoms with Gasteiger partial charge in [0.2, 0.25) is 11.2 Å². The lowest BCUT2D eigenvalue weighted by Gasteiger charge is -2.00. The first-order valence-corrected chi connectivity index (χ1v) is 5.92. The summed E-state index contributed by atoms with van der Waals surface area (Å²) in [6, 6.07) is 4.92. The predicted octanol–water partition coefficient (Wildman–Crippen LogP) is 1.96. The van der Waals surface area contributed by atoms with Crippen molar-refractivity contribution in [3.8, 4) is 17.2 Å². The first-order chi connectivity index (χ1) is 10.0. The standard InChI is InChI=1S/C15H12O6/c1-20-15-8-21-10(7-14(15)19)3-5-11(16)9-2-4-12(17)13(18)6-9/h2-8,17-18H,1H3/b5-3+. The molecule has 2 N–H and O–H groups in total. The number of carbonyl (C=O) groups is 1. The summed E-state index contributed by atoms with van der Waals surface area (Å²) in [5.41, 5.74) is -0.171. The highest BCUT2D eigenvalue weighted by atomic mass is 16.5. The van der Waals surface area contributed by atoms with E-state index >= 15 is 0 Å². The quantitative estimate of drug-likeness (QED) is 0.507. The minimum atomic E-state index is -0.413. The molecule has 0 atom stereocenters. The Morgan fingerprint density at radius 1 is 1.24 bits per heavy atom. The molecule has 0 aliphatic carbocycles. The van der Waals surface area contributed by atoms with Crippen molar-refractivity contribution in [1.82, 2.24) is 0 Å². The summed E-state index contributed by atoms with van der Waals surface area (Å²) >= 11 is 0. The minimum Gasteiger partial charge on any atom is -0.504 e. The molecule has 1 heterocycles. The normalized spacial score (nSPS) is 10.7. The average molecular weight is 288 g/mol. The van der Waals surface area contributed by atoms with Crippen LogP contribution in [0.2, 0.25) is 0 Å². The molecule has 2 aromatic rings. The van der Waals surface area contributed by atoms with Gasteiger partial charge in [0.25, 0.3) is 0 Å². The van der Waals surface area contributed by atoms with Crippen molar-refractivity contribution >= 4 is 11.9 Å². The van der Waals surface area contributed by atoms with Crippen LogP contribution >= 0.6 is 0 Å². The molecule has 1 aromatic carbocycles. The number of aromatic hydroxyl groups is 2. The highest BCUT2D eigenvalue weighted by Gasteiger charge is 2.07. The van der Waals surface area contributed by atoms with Crippen molar-refractivity contribution in [2.75, 3.05) is 7.11 Å². The van der Waals surface area contributed by atoms with Crippen molar-refractivity contribution in [1.29, 1.82) is 0 Å². The van der Waals surface area contributed by atoms with Crippen LogP contribution < -0.4 is 10.2 Å². The largest absolute Gasteiger partial charge is 0.504 e. The molecule has 6 heteroatoms. The minimum absolute atomic E-state index is 0.0712. The van der Waals surface area contributed by atoms with Crippen LogP contribution in [0.25, 0.3) is 6.08 Å². The molecule has 2 rings (SSSR count). The molecular weight excluding hydrogens is 276 g/mol. The lowest BCUT2D eigenvalue weighted by molar-refractivity contribution is 0.104. The molecule has 0 aliphatic rings. The Labute approximate surface area is 119 Å². The third-order valence-electron chi connectivity index (χ3n) is 2.70. The molecule has 0 unspecified atom stereocenters. The molecule has 108 valence electrons. The summed E-state index contributed by atoms with van der Waals surface area (Å²) in [5, 5.41) is 18.5. The molecule has 0 fully saturated rings. The lowest BCUT2D eigenvalue weighted by Crippen LogP contribution is -2.03. The highest BCUT2D eigenvalue weighted by molar-refractivity contribution is 6.07. The molecule has 0 saturated heterocycles. The van der Waals surface area contributed by atoms with Crippen LogP contribution in [0.4, 0.5) is 0 Å². The van der Waals surface area contributed by atoms with Gasteiger partial charge in [0.1, 0.15) is 12.0 Å². The average Bonchev–Trinajstić information content (AvgIpc) is 2.47. The third kappa shape index (κ3) is 3.30. The molecule has 0 saturated carbocycles. The van der Waals surface area contributed by atoms with Crippen LogP contribution in [0.3, 0.4) is 0 Å². The van der Waals surface area contributed by atoms with Gasteiger partial charge in [-0.15, -0.1) is 0 Å². The van der Waals surface area contributed by atoms with Crippen molar-refractivity contribution in [2.24, 2.45) is 0 Å². The Hall–Kier alpha value is -3.02. The second-order valence-corrected chi connectivity index (χ2v) is 4.12. The summed E-state index contributed by atoms with van der Waals surface area (Å²) in [6.45, 7) is 0. The lowest BCUT2D eigenvalue weighted by atomic mass is 10.1. The molecule has 6 nitrogen and oxygen atoms in total. The van der Waals surface area contributed by atoms with Gasteiger partial charge in [-0.2, -0.15) is 0 Å². The van der Waals surface area contributed by atoms with Crippen LogP contribution in [0.1, 0.15) is 16.1 Å². The molecule has 1 aromatic heterocycles. The number of hydrogen-bond donors (Lipinski definition) is 2. The van der Waals surface area contributed by atoms with Gasteiger partial charge in [0.05, 0.1) is 7.11 Å². The van der Waals surface area contributed by atoms with Crippen LogP contribution in [-0.4, -0.2) is 23.1 Å². The van der Waals surface area contributed by atoms with Gasteiger partial charge in [-0.25, -0.2) is 0 Å². The Bertz CT molecular complexity index is 757. The topological polar surface area (TPSA) is 97.0 Å². The fourth-order valence-electron chi connectivity index (χ4n) is 1.58. The van der Waals surface area contributed by atoms with Crippen LogP contribution in [0.15, 0.2) is 45.8 Å². The Morgan fingerprint density at radius 2 is 2.00 bits per heavy atom. The maximum absolute atomic E-state index is 11.9. The SMILES string of the molecule is COc1coc(/C=C/C(=O)c2ccc(O)c(O)c2)cc1=O. The van der Waals surface area contributed by atoms with Crippen molar-refractivity contribution in [2.45, 2.75) is 0 Å². The van der Waals surface area contributed by atoms with Gasteiger partial charge in [-0.1, -0.05) is 0 Å². The molecular formula is C15H12O6. The van der Waals surface area contributed by atoms with Gasteiger partial charge in [-0.05, 0) is 30.4 Å². The number of ether oxygens (including phenoxy) is 1. The number of allylic oxidation sites excluding steroid dienone is 1. The van der Waals surface area contributed by atoms with Crippen LogP contribution in [0, 0.1) is 0 Å². The second-order valence-electron chi connectivity index (χ2n) is 4.12. The number of benzene rings is 1. The Balaban J connectivity index is 2.20. The zero-order valence-electron chi connectivity index (χ0n) is 11.1. The van der Waals surface area contributed by atoms with E-state index in [1.807, 2.05) is 0 Å². The number of hydrogen-bond acceptors (Lipinski definition) is 6. The van der Waals surface area contributed by atoms with E-state index in [9.17, 15) is 19.8 Å². The number of phenolic OH excluding ortho intramolecular Hbond substituents is 2. The molecule has 21 heavy (non-hydrogen) atoms. The van der Waals surface area contributed by atoms with Gasteiger partial charge in [0, 0.05) is 11.6 Å². The highest BCUT2D eigenvalue weighted by Crippen LogP contribution is 2.25. The van der Waals surface area contributed by atoms with E-state index in [0.717, 1.165) is 12.3 Å². The number of phenols is 2. The van der Waals surface area contributed by atoms with Crippen molar-refractivity contribution in [3.05, 3.63) is 58.2 Å². The second kappa shape index (κ2) is 5.96. The maximum atomic E-state index is 11.9. The number of carbonyl (C=O) groups excluding carboxylic acids is 1. The summed E-state index contributed by atoms with van der Waals surface area (Å²) in [6.07, 6.45) is 3.67. The predicted molar refractivity (Wildman–Crippen MR) is 74.7 cm³/mol. The van der Waals surface area contributed by atoms with E-state index in [2.05, 4.69) is 0 Å². The molecule has 0 radical (unpaired) electrons. The van der Waals surface area contributed by atoms with Gasteiger partial charge in [-0.3, -0.25) is 9.59 Å². The summed E-state index contributed by atoms with van der Waals surface area (Å²) < 4.78 is 9.88. The first-order valence-electron chi connectivity index (χ1n) is 5.92. The smallest absolute Gasteiger partial charge is 0.227 e. The fourth-order valence-corrected chi connectivity index (χ4v) is 1.58. The maximum Gasteiger partial charge on any atom is 0.227 e. The Kier molecular flexibility index (Phi) is 4.08. The van der Waals surface area contributed by atoms with Gasteiger partial charge in [0.15, 0.2) is 17.3 Å². The zero-order chi connectivity index (χ0) is 15.4. The van der Waals surface area contributed by atoms with E-state index in [4.69, 9.17) is 9.15 Å². The summed E-state index contributed by atoms with van der Waals surface area (Å²) in [7, 11) is 1.35. The van der Waals surface area contributed by atoms with Crippen molar-refractivity contribution in [3.63, 3.8) is 0 Å². The first kappa shape index (κ1) is 14.4. The van der Waals surface area contributed by atoms with E-state index in [1.165, 1.54) is 37.5 Å². The van der Waals surface area contributed by atoms with Crippen LogP contribution in [0.5, 0.6) is 17.2 Å². The number of rotatable bonds is 4. The molecule has 0 amide bonds. The van der Waals surface area contributed by atoms with Crippen LogP contribution in [-0.2, 0) is 0 Å². The van der Waals surface area contributed by atoms with E-state index in [0.29, 0.717) is 0 Å². The number of methoxy groups -OCH3 is 1. The summed E-state index contributed by atoms with van der Waals surface area (Å²) in [4.78, 5) is 23.4. The van der Waals surface area contributed by atoms with Gasteiger partial charge < -0.3 is 19.4 Å². The fraction of sp³-hybridized carbons (Fsp3) is 0.0667. The molecule has 0 spiro atoms. The monoisotopic (exact) mass is 288 g/mol.